The smallest absolute Gasteiger partial charge is 0.340 e. The Labute approximate surface area is 188 Å². The highest BCUT2D eigenvalue weighted by Crippen LogP contribution is 2.24. The summed E-state index contributed by atoms with van der Waals surface area (Å²) in [6.45, 7) is 7.24. The molecule has 2 aromatic carbocycles. The van der Waals surface area contributed by atoms with E-state index in [4.69, 9.17) is 16.3 Å². The molecule has 0 bridgehead atoms. The van der Waals surface area contributed by atoms with Crippen LogP contribution >= 0.6 is 11.6 Å². The van der Waals surface area contributed by atoms with E-state index in [-0.39, 0.29) is 21.5 Å². The summed E-state index contributed by atoms with van der Waals surface area (Å²) in [6, 6.07) is 12.7. The topological polar surface area (TPSA) is 84.0 Å². The van der Waals surface area contributed by atoms with Crippen molar-refractivity contribution >= 4 is 39.2 Å². The highest BCUT2D eigenvalue weighted by atomic mass is 35.5. The number of ether oxygens (including phenoxy) is 1. The quantitative estimate of drug-likeness (QED) is 0.522. The van der Waals surface area contributed by atoms with Crippen LogP contribution in [0.25, 0.3) is 0 Å². The molecule has 0 aliphatic heterocycles. The van der Waals surface area contributed by atoms with E-state index in [0.717, 1.165) is 0 Å². The van der Waals surface area contributed by atoms with Crippen molar-refractivity contribution in [2.75, 3.05) is 24.6 Å². The Balaban J connectivity index is 2.21. The van der Waals surface area contributed by atoms with Crippen molar-refractivity contribution < 1.29 is 22.7 Å². The SMILES string of the molecule is CCN(CC)S(=O)(=O)c1ccc(Cl)c(C(=O)OCC(=O)N(c2ccccc2)C(C)C)c1. The lowest BCUT2D eigenvalue weighted by molar-refractivity contribution is -0.122. The maximum atomic E-state index is 12.7. The number of esters is 1. The summed E-state index contributed by atoms with van der Waals surface area (Å²) in [5.74, 6) is -1.27. The van der Waals surface area contributed by atoms with Gasteiger partial charge >= 0.3 is 5.97 Å². The molecule has 9 heteroatoms. The second-order valence-electron chi connectivity index (χ2n) is 7.00. The second-order valence-corrected chi connectivity index (χ2v) is 9.35. The fourth-order valence-electron chi connectivity index (χ4n) is 3.13. The Morgan fingerprint density at radius 3 is 2.19 bits per heavy atom. The van der Waals surface area contributed by atoms with E-state index >= 15 is 0 Å². The number of rotatable bonds is 9. The molecule has 2 aromatic rings. The largest absolute Gasteiger partial charge is 0.452 e. The molecule has 0 saturated heterocycles. The van der Waals surface area contributed by atoms with Crippen molar-refractivity contribution in [2.24, 2.45) is 0 Å². The molecule has 0 aliphatic carbocycles. The van der Waals surface area contributed by atoms with Gasteiger partial charge in [0, 0.05) is 24.8 Å². The molecule has 0 unspecified atom stereocenters. The van der Waals surface area contributed by atoms with Crippen LogP contribution in [-0.2, 0) is 19.6 Å². The Kier molecular flexibility index (Phi) is 8.61. The van der Waals surface area contributed by atoms with E-state index < -0.39 is 28.5 Å². The molecule has 0 N–H and O–H groups in total. The van der Waals surface area contributed by atoms with Crippen LogP contribution in [0.4, 0.5) is 5.69 Å². The zero-order valence-corrected chi connectivity index (χ0v) is 19.6. The Morgan fingerprint density at radius 1 is 1.03 bits per heavy atom. The van der Waals surface area contributed by atoms with Gasteiger partial charge in [-0.05, 0) is 44.2 Å². The number of amides is 1. The highest BCUT2D eigenvalue weighted by molar-refractivity contribution is 7.89. The first kappa shape index (κ1) is 24.8. The lowest BCUT2D eigenvalue weighted by Gasteiger charge is -2.26. The molecule has 31 heavy (non-hydrogen) atoms. The van der Waals surface area contributed by atoms with Crippen LogP contribution in [0, 0.1) is 0 Å². The summed E-state index contributed by atoms with van der Waals surface area (Å²) in [5, 5.41) is 0.0414. The third kappa shape index (κ3) is 5.84. The average Bonchev–Trinajstić information content (AvgIpc) is 2.73. The van der Waals surface area contributed by atoms with Gasteiger partial charge in [-0.1, -0.05) is 43.6 Å². The van der Waals surface area contributed by atoms with E-state index in [0.29, 0.717) is 18.8 Å². The Hall–Kier alpha value is -2.42. The number of anilines is 1. The second kappa shape index (κ2) is 10.7. The monoisotopic (exact) mass is 466 g/mol. The van der Waals surface area contributed by atoms with Gasteiger partial charge in [0.05, 0.1) is 15.5 Å². The standard InChI is InChI=1S/C22H27ClN2O5S/c1-5-24(6-2)31(28,29)18-12-13-20(23)19(14-18)22(27)30-15-21(26)25(16(3)4)17-10-8-7-9-11-17/h7-14,16H,5-6,15H2,1-4H3. The van der Waals surface area contributed by atoms with Crippen molar-refractivity contribution in [2.45, 2.75) is 38.6 Å². The maximum Gasteiger partial charge on any atom is 0.340 e. The number of para-hydroxylation sites is 1. The minimum Gasteiger partial charge on any atom is -0.452 e. The molecular formula is C22H27ClN2O5S. The number of halogens is 1. The summed E-state index contributed by atoms with van der Waals surface area (Å²) < 4.78 is 31.9. The summed E-state index contributed by atoms with van der Waals surface area (Å²) in [5.41, 5.74) is 0.572. The fraction of sp³-hybridized carbons (Fsp3) is 0.364. The van der Waals surface area contributed by atoms with Crippen molar-refractivity contribution in [3.05, 3.63) is 59.1 Å². The summed E-state index contributed by atoms with van der Waals surface area (Å²) >= 11 is 6.11. The van der Waals surface area contributed by atoms with Crippen LogP contribution < -0.4 is 4.90 Å². The van der Waals surface area contributed by atoms with E-state index in [1.807, 2.05) is 32.0 Å². The van der Waals surface area contributed by atoms with Gasteiger partial charge in [-0.25, -0.2) is 13.2 Å². The van der Waals surface area contributed by atoms with E-state index in [1.54, 1.807) is 26.0 Å². The van der Waals surface area contributed by atoms with Crippen molar-refractivity contribution in [3.8, 4) is 0 Å². The van der Waals surface area contributed by atoms with Crippen LogP contribution in [0.2, 0.25) is 5.02 Å². The van der Waals surface area contributed by atoms with Crippen LogP contribution in [-0.4, -0.2) is 50.3 Å². The van der Waals surface area contributed by atoms with Gasteiger partial charge in [-0.2, -0.15) is 4.31 Å². The van der Waals surface area contributed by atoms with Gasteiger partial charge in [0.2, 0.25) is 10.0 Å². The molecular weight excluding hydrogens is 440 g/mol. The third-order valence-corrected chi connectivity index (χ3v) is 7.02. The molecule has 2 rings (SSSR count). The van der Waals surface area contributed by atoms with Crippen LogP contribution in [0.3, 0.4) is 0 Å². The summed E-state index contributed by atoms with van der Waals surface area (Å²) in [7, 11) is -3.77. The van der Waals surface area contributed by atoms with Gasteiger partial charge in [0.1, 0.15) is 0 Å². The van der Waals surface area contributed by atoms with E-state index in [9.17, 15) is 18.0 Å². The molecule has 0 fully saturated rings. The molecule has 0 aromatic heterocycles. The van der Waals surface area contributed by atoms with Crippen LogP contribution in [0.15, 0.2) is 53.4 Å². The van der Waals surface area contributed by atoms with Crippen molar-refractivity contribution in [1.82, 2.24) is 4.31 Å². The summed E-state index contributed by atoms with van der Waals surface area (Å²) in [4.78, 5) is 26.8. The molecule has 0 spiro atoms. The molecule has 0 radical (unpaired) electrons. The Bertz CT molecular complexity index is 1020. The lowest BCUT2D eigenvalue weighted by atomic mass is 10.2. The first-order valence-corrected chi connectivity index (χ1v) is 11.8. The molecule has 0 atom stereocenters. The van der Waals surface area contributed by atoms with E-state index in [1.165, 1.54) is 27.4 Å². The number of carbonyl (C=O) groups is 2. The molecule has 1 amide bonds. The highest BCUT2D eigenvalue weighted by Gasteiger charge is 2.25. The van der Waals surface area contributed by atoms with Crippen LogP contribution in [0.5, 0.6) is 0 Å². The maximum absolute atomic E-state index is 12.7. The minimum atomic E-state index is -3.77. The van der Waals surface area contributed by atoms with Crippen LogP contribution in [0.1, 0.15) is 38.1 Å². The number of sulfonamides is 1. The zero-order chi connectivity index (χ0) is 23.2. The number of benzene rings is 2. The number of hydrogen-bond donors (Lipinski definition) is 0. The molecule has 0 heterocycles. The van der Waals surface area contributed by atoms with Gasteiger partial charge < -0.3 is 9.64 Å². The fourth-order valence-corrected chi connectivity index (χ4v) is 4.81. The third-order valence-electron chi connectivity index (χ3n) is 4.65. The van der Waals surface area contributed by atoms with Gasteiger partial charge in [0.15, 0.2) is 6.61 Å². The number of carbonyl (C=O) groups excluding carboxylic acids is 2. The first-order chi connectivity index (χ1) is 14.6. The number of hydrogen-bond acceptors (Lipinski definition) is 5. The predicted octanol–water partition coefficient (Wildman–Crippen LogP) is 3.97. The molecule has 168 valence electrons. The lowest BCUT2D eigenvalue weighted by Crippen LogP contribution is -2.39. The van der Waals surface area contributed by atoms with E-state index in [2.05, 4.69) is 0 Å². The first-order valence-electron chi connectivity index (χ1n) is 9.97. The zero-order valence-electron chi connectivity index (χ0n) is 18.0. The van der Waals surface area contributed by atoms with Gasteiger partial charge in [0.25, 0.3) is 5.91 Å². The molecule has 7 nitrogen and oxygen atoms in total. The van der Waals surface area contributed by atoms with Gasteiger partial charge in [-0.15, -0.1) is 0 Å². The molecule has 0 aliphatic rings. The molecule has 0 saturated carbocycles. The number of nitrogens with zero attached hydrogens (tertiary/aromatic N) is 2. The normalized spacial score (nSPS) is 11.6. The van der Waals surface area contributed by atoms with Crippen molar-refractivity contribution in [1.29, 1.82) is 0 Å². The minimum absolute atomic E-state index is 0.0414. The van der Waals surface area contributed by atoms with Crippen molar-refractivity contribution in [3.63, 3.8) is 0 Å². The average molecular weight is 467 g/mol. The summed E-state index contributed by atoms with van der Waals surface area (Å²) in [6.07, 6.45) is 0. The predicted molar refractivity (Wildman–Crippen MR) is 121 cm³/mol. The van der Waals surface area contributed by atoms with Gasteiger partial charge in [-0.3, -0.25) is 4.79 Å². The Morgan fingerprint density at radius 2 is 1.65 bits per heavy atom.